The minimum absolute atomic E-state index is 0.153. The van der Waals surface area contributed by atoms with E-state index in [-0.39, 0.29) is 10.8 Å². The minimum atomic E-state index is -4.34. The zero-order valence-corrected chi connectivity index (χ0v) is 18.3. The average molecular weight is 447 g/mol. The predicted molar refractivity (Wildman–Crippen MR) is 123 cm³/mol. The quantitative estimate of drug-likeness (QED) is 0.477. The van der Waals surface area contributed by atoms with Gasteiger partial charge in [-0.3, -0.25) is 13.9 Å². The number of hydrogen-bond donors (Lipinski definition) is 1. The zero-order valence-electron chi connectivity index (χ0n) is 17.5. The van der Waals surface area contributed by atoms with E-state index in [0.717, 1.165) is 28.9 Å². The Bertz CT molecular complexity index is 1440. The number of carbonyl (C=O) groups is 1. The monoisotopic (exact) mass is 446 g/mol. The number of hydrogen-bond acceptors (Lipinski definition) is 4. The van der Waals surface area contributed by atoms with Crippen LogP contribution < -0.4 is 0 Å². The first kappa shape index (κ1) is 20.6. The van der Waals surface area contributed by atoms with Crippen LogP contribution in [-0.4, -0.2) is 41.9 Å². The molecule has 0 saturated heterocycles. The lowest BCUT2D eigenvalue weighted by molar-refractivity contribution is 0.0960. The largest absolute Gasteiger partial charge is 0.302 e. The van der Waals surface area contributed by atoms with E-state index in [4.69, 9.17) is 0 Å². The predicted octanol–water partition coefficient (Wildman–Crippen LogP) is 4.23. The summed E-state index contributed by atoms with van der Waals surface area (Å²) >= 11 is 0. The molecule has 0 aliphatic carbocycles. The summed E-state index contributed by atoms with van der Waals surface area (Å²) in [5.74, 6) is -0.153. The normalized spacial score (nSPS) is 14.4. The summed E-state index contributed by atoms with van der Waals surface area (Å²) in [5.41, 5.74) is 5.13. The van der Waals surface area contributed by atoms with Crippen LogP contribution in [0.4, 0.5) is 0 Å². The maximum Gasteiger partial charge on any atom is 0.294 e. The summed E-state index contributed by atoms with van der Waals surface area (Å²) in [5, 5.41) is 0.677. The molecule has 0 spiro atoms. The van der Waals surface area contributed by atoms with Gasteiger partial charge in [-0.05, 0) is 54.1 Å². The summed E-state index contributed by atoms with van der Waals surface area (Å²) in [6, 6.07) is 21.9. The van der Waals surface area contributed by atoms with Gasteiger partial charge >= 0.3 is 0 Å². The summed E-state index contributed by atoms with van der Waals surface area (Å²) in [6.45, 7) is 1.41. The molecule has 0 amide bonds. The zero-order chi connectivity index (χ0) is 22.5. The molecule has 2 heterocycles. The fourth-order valence-electron chi connectivity index (χ4n) is 4.43. The molecule has 0 unspecified atom stereocenters. The van der Waals surface area contributed by atoms with E-state index in [1.807, 2.05) is 61.6 Å². The van der Waals surface area contributed by atoms with Gasteiger partial charge in [0, 0.05) is 36.2 Å². The molecule has 32 heavy (non-hydrogen) atoms. The summed E-state index contributed by atoms with van der Waals surface area (Å²) in [4.78, 5) is 15.5. The molecule has 1 aliphatic heterocycles. The summed E-state index contributed by atoms with van der Waals surface area (Å²) in [7, 11) is -2.35. The van der Waals surface area contributed by atoms with Crippen molar-refractivity contribution in [1.82, 2.24) is 9.47 Å². The van der Waals surface area contributed by atoms with Crippen molar-refractivity contribution in [3.8, 4) is 11.1 Å². The van der Waals surface area contributed by atoms with Gasteiger partial charge in [0.15, 0.2) is 0 Å². The van der Waals surface area contributed by atoms with Gasteiger partial charge in [0.25, 0.3) is 16.0 Å². The second-order valence-electron chi connectivity index (χ2n) is 8.15. The Morgan fingerprint density at radius 2 is 1.62 bits per heavy atom. The standard InChI is InChI=1S/C25H22N2O4S/c1-26-14-13-24-22(16-26)21-15-20(32(29,30)31)11-12-23(21)27(24)25(28)19-9-7-18(8-10-19)17-5-3-2-4-6-17/h2-12,15H,13-14,16H2,1H3,(H,29,30,31). The van der Waals surface area contributed by atoms with Crippen LogP contribution in [0.2, 0.25) is 0 Å². The van der Waals surface area contributed by atoms with E-state index in [1.165, 1.54) is 12.1 Å². The van der Waals surface area contributed by atoms with Crippen molar-refractivity contribution >= 4 is 26.9 Å². The average Bonchev–Trinajstić information content (AvgIpc) is 3.11. The highest BCUT2D eigenvalue weighted by Crippen LogP contribution is 2.33. The van der Waals surface area contributed by atoms with E-state index in [9.17, 15) is 17.8 Å². The Balaban J connectivity index is 1.63. The van der Waals surface area contributed by atoms with Crippen molar-refractivity contribution < 1.29 is 17.8 Å². The second-order valence-corrected chi connectivity index (χ2v) is 9.57. The summed E-state index contributed by atoms with van der Waals surface area (Å²) < 4.78 is 34.6. The Kier molecular flexibility index (Phi) is 4.97. The molecule has 0 atom stereocenters. The van der Waals surface area contributed by atoms with Gasteiger partial charge in [-0.15, -0.1) is 0 Å². The molecule has 0 radical (unpaired) electrons. The third kappa shape index (κ3) is 3.54. The van der Waals surface area contributed by atoms with Crippen LogP contribution in [0.1, 0.15) is 21.6 Å². The fourth-order valence-corrected chi connectivity index (χ4v) is 4.94. The lowest BCUT2D eigenvalue weighted by Crippen LogP contribution is -2.28. The molecular weight excluding hydrogens is 424 g/mol. The summed E-state index contributed by atoms with van der Waals surface area (Å²) in [6.07, 6.45) is 0.676. The molecule has 4 aromatic rings. The molecule has 162 valence electrons. The Labute approximate surface area is 186 Å². The highest BCUT2D eigenvalue weighted by molar-refractivity contribution is 7.85. The van der Waals surface area contributed by atoms with Gasteiger partial charge in [0.2, 0.25) is 0 Å². The van der Waals surface area contributed by atoms with Crippen LogP contribution in [-0.2, 0) is 23.1 Å². The smallest absolute Gasteiger partial charge is 0.294 e. The Morgan fingerprint density at radius 3 is 2.31 bits per heavy atom. The van der Waals surface area contributed by atoms with Gasteiger partial charge in [-0.2, -0.15) is 8.42 Å². The van der Waals surface area contributed by atoms with E-state index in [1.54, 1.807) is 10.6 Å². The highest BCUT2D eigenvalue weighted by atomic mass is 32.2. The molecule has 5 rings (SSSR count). The van der Waals surface area contributed by atoms with Crippen molar-refractivity contribution in [1.29, 1.82) is 0 Å². The number of rotatable bonds is 3. The topological polar surface area (TPSA) is 79.6 Å². The molecule has 0 bridgehead atoms. The van der Waals surface area contributed by atoms with Crippen LogP contribution in [0.25, 0.3) is 22.0 Å². The van der Waals surface area contributed by atoms with Gasteiger partial charge in [-0.1, -0.05) is 42.5 Å². The lowest BCUT2D eigenvalue weighted by Gasteiger charge is -2.24. The van der Waals surface area contributed by atoms with Crippen LogP contribution in [0, 0.1) is 0 Å². The van der Waals surface area contributed by atoms with Gasteiger partial charge in [0.1, 0.15) is 0 Å². The molecule has 3 aromatic carbocycles. The number of aromatic nitrogens is 1. The maximum absolute atomic E-state index is 13.6. The minimum Gasteiger partial charge on any atom is -0.302 e. The maximum atomic E-state index is 13.6. The number of fused-ring (bicyclic) bond motifs is 3. The van der Waals surface area contributed by atoms with Crippen LogP contribution in [0.5, 0.6) is 0 Å². The molecule has 0 fully saturated rings. The highest BCUT2D eigenvalue weighted by Gasteiger charge is 2.27. The first-order valence-corrected chi connectivity index (χ1v) is 11.8. The van der Waals surface area contributed by atoms with Crippen LogP contribution >= 0.6 is 0 Å². The van der Waals surface area contributed by atoms with Crippen LogP contribution in [0.15, 0.2) is 77.7 Å². The van der Waals surface area contributed by atoms with Gasteiger partial charge in [0.05, 0.1) is 10.4 Å². The van der Waals surface area contributed by atoms with Crippen molar-refractivity contribution in [3.05, 3.63) is 89.6 Å². The lowest BCUT2D eigenvalue weighted by atomic mass is 10.0. The second kappa shape index (κ2) is 7.70. The van der Waals surface area contributed by atoms with E-state index in [0.29, 0.717) is 29.4 Å². The van der Waals surface area contributed by atoms with Gasteiger partial charge in [-0.25, -0.2) is 0 Å². The molecular formula is C25H22N2O4S. The number of likely N-dealkylation sites (N-methyl/N-ethyl adjacent to an activating group) is 1. The fraction of sp³-hybridized carbons (Fsp3) is 0.160. The molecule has 1 aromatic heterocycles. The third-order valence-electron chi connectivity index (χ3n) is 6.05. The molecule has 7 heteroatoms. The molecule has 6 nitrogen and oxygen atoms in total. The van der Waals surface area contributed by atoms with E-state index in [2.05, 4.69) is 4.90 Å². The first-order valence-electron chi connectivity index (χ1n) is 10.4. The Hall–Kier alpha value is -3.26. The van der Waals surface area contributed by atoms with Gasteiger partial charge < -0.3 is 4.90 Å². The SMILES string of the molecule is CN1CCc2c(c3cc(S(=O)(=O)O)ccc3n2C(=O)c2ccc(-c3ccccc3)cc2)C1. The number of carbonyl (C=O) groups excluding carboxylic acids is 1. The van der Waals surface area contributed by atoms with E-state index < -0.39 is 10.1 Å². The first-order chi connectivity index (χ1) is 15.3. The van der Waals surface area contributed by atoms with Crippen LogP contribution in [0.3, 0.4) is 0 Å². The van der Waals surface area contributed by atoms with Crippen molar-refractivity contribution in [2.45, 2.75) is 17.9 Å². The molecule has 1 aliphatic rings. The van der Waals surface area contributed by atoms with E-state index >= 15 is 0 Å². The molecule has 0 saturated carbocycles. The third-order valence-corrected chi connectivity index (χ3v) is 6.90. The molecule has 1 N–H and O–H groups in total. The number of nitrogens with zero attached hydrogens (tertiary/aromatic N) is 2. The van der Waals surface area contributed by atoms with Crippen molar-refractivity contribution in [2.24, 2.45) is 0 Å². The number of benzene rings is 3. The van der Waals surface area contributed by atoms with Crippen molar-refractivity contribution in [3.63, 3.8) is 0 Å². The van der Waals surface area contributed by atoms with Crippen molar-refractivity contribution in [2.75, 3.05) is 13.6 Å². The Morgan fingerprint density at radius 1 is 0.938 bits per heavy atom.